The first-order chi connectivity index (χ1) is 26.8. The second-order valence-corrected chi connectivity index (χ2v) is 14.6. The van der Waals surface area contributed by atoms with E-state index in [9.17, 15) is 19.5 Å². The summed E-state index contributed by atoms with van der Waals surface area (Å²) in [6.45, 7) is 2.67. The minimum Gasteiger partial charge on any atom is -0.397 e. The van der Waals surface area contributed by atoms with Gasteiger partial charge in [0.25, 0.3) is 0 Å². The maximum Gasteiger partial charge on any atom is 0.247 e. The zero-order valence-corrected chi connectivity index (χ0v) is 31.0. The van der Waals surface area contributed by atoms with Crippen LogP contribution in [0.4, 0.5) is 22.7 Å². The molecule has 4 aromatic rings. The van der Waals surface area contributed by atoms with E-state index >= 15 is 0 Å². The number of rotatable bonds is 13. The van der Waals surface area contributed by atoms with Crippen molar-refractivity contribution < 1.29 is 29.0 Å². The van der Waals surface area contributed by atoms with E-state index in [1.807, 2.05) is 78.9 Å². The highest BCUT2D eigenvalue weighted by Gasteiger charge is 2.50. The minimum atomic E-state index is -0.680. The molecule has 3 aliphatic heterocycles. The Labute approximate surface area is 322 Å². The third kappa shape index (κ3) is 9.17. The lowest BCUT2D eigenvalue weighted by atomic mass is 9.85. The lowest BCUT2D eigenvalue weighted by Crippen LogP contribution is -2.57. The van der Waals surface area contributed by atoms with Crippen molar-refractivity contribution in [3.63, 3.8) is 0 Å². The van der Waals surface area contributed by atoms with Crippen molar-refractivity contribution in [2.45, 2.75) is 75.6 Å². The first-order valence-corrected chi connectivity index (χ1v) is 19.2. The summed E-state index contributed by atoms with van der Waals surface area (Å²) in [6.07, 6.45) is 2.66. The van der Waals surface area contributed by atoms with Gasteiger partial charge in [0.15, 0.2) is 6.29 Å². The Bertz CT molecular complexity index is 1930. The molecule has 0 radical (unpaired) electrons. The highest BCUT2D eigenvalue weighted by atomic mass is 16.7. The number of nitrogen functional groups attached to an aromatic ring is 1. The summed E-state index contributed by atoms with van der Waals surface area (Å²) in [6, 6.07) is 32.6. The Morgan fingerprint density at radius 3 is 2.27 bits per heavy atom. The number of unbranched alkanes of at least 4 members (excludes halogenated alkanes) is 1. The number of ether oxygens (including phenoxy) is 2. The van der Waals surface area contributed by atoms with Gasteiger partial charge >= 0.3 is 0 Å². The van der Waals surface area contributed by atoms with E-state index < -0.39 is 11.8 Å². The molecule has 12 nitrogen and oxygen atoms in total. The van der Waals surface area contributed by atoms with Gasteiger partial charge in [0.1, 0.15) is 5.54 Å². The van der Waals surface area contributed by atoms with Crippen molar-refractivity contribution in [3.05, 3.63) is 120 Å². The molecule has 4 aromatic carbocycles. The maximum absolute atomic E-state index is 13.3. The normalized spacial score (nSPS) is 20.9. The summed E-state index contributed by atoms with van der Waals surface area (Å²) < 4.78 is 13.3. The highest BCUT2D eigenvalue weighted by molar-refractivity contribution is 5.94. The number of nitrogens with zero attached hydrogens (tertiary/aromatic N) is 2. The van der Waals surface area contributed by atoms with Gasteiger partial charge in [0, 0.05) is 55.8 Å². The third-order valence-corrected chi connectivity index (χ3v) is 10.9. The number of carbonyl (C=O) groups excluding carboxylic acids is 3. The number of nitrogens with one attached hydrogen (secondary N) is 3. The van der Waals surface area contributed by atoms with Crippen LogP contribution in [-0.4, -0.2) is 65.7 Å². The van der Waals surface area contributed by atoms with Crippen LogP contribution >= 0.6 is 0 Å². The van der Waals surface area contributed by atoms with Crippen LogP contribution in [0.5, 0.6) is 0 Å². The smallest absolute Gasteiger partial charge is 0.247 e. The summed E-state index contributed by atoms with van der Waals surface area (Å²) in [4.78, 5) is 43.1. The van der Waals surface area contributed by atoms with Gasteiger partial charge in [0.2, 0.25) is 17.7 Å². The summed E-state index contributed by atoms with van der Waals surface area (Å²) >= 11 is 0. The van der Waals surface area contributed by atoms with Gasteiger partial charge in [-0.05, 0) is 73.2 Å². The standard InChI is InChI=1S/C43H50N6O6/c44-36-13-4-5-14-37(36)47-40(52)16-7-6-15-39(51)46-33-10-8-9-32(25-33)41-54-35(26-38(55-41)31-19-17-30(28-50)18-20-31)27-48-23-21-43(22-24-48)42(53)45-29-49(43)34-11-2-1-3-12-34/h1-5,8-14,17-20,25,35,38,41,50H,6-7,15-16,21-24,26-29,44H2,(H,45,53)(H,46,51)(H,47,52)/t35-,38+,41+/m0/s1. The average molecular weight is 747 g/mol. The van der Waals surface area contributed by atoms with Crippen LogP contribution in [0.3, 0.4) is 0 Å². The number of piperidine rings is 1. The number of aliphatic hydroxyl groups is 1. The molecule has 3 aliphatic rings. The molecule has 0 aliphatic carbocycles. The lowest BCUT2D eigenvalue weighted by Gasteiger charge is -2.45. The number of benzene rings is 4. The van der Waals surface area contributed by atoms with E-state index in [0.717, 1.165) is 35.5 Å². The van der Waals surface area contributed by atoms with Gasteiger partial charge in [0.05, 0.1) is 36.9 Å². The minimum absolute atomic E-state index is 0.0337. The fourth-order valence-corrected chi connectivity index (χ4v) is 7.84. The van der Waals surface area contributed by atoms with Gasteiger partial charge in [-0.15, -0.1) is 0 Å². The van der Waals surface area contributed by atoms with Crippen LogP contribution in [0.1, 0.15) is 74.0 Å². The number of anilines is 4. The van der Waals surface area contributed by atoms with Gasteiger partial charge < -0.3 is 46.1 Å². The van der Waals surface area contributed by atoms with E-state index in [1.54, 1.807) is 12.1 Å². The van der Waals surface area contributed by atoms with Crippen LogP contribution in [0.15, 0.2) is 103 Å². The van der Waals surface area contributed by atoms with Crippen LogP contribution in [-0.2, 0) is 30.5 Å². The number of aliphatic hydroxyl groups excluding tert-OH is 1. The van der Waals surface area contributed by atoms with Crippen LogP contribution in [0, 0.1) is 0 Å². The number of likely N-dealkylation sites (tertiary alicyclic amines) is 1. The van der Waals surface area contributed by atoms with Crippen LogP contribution in [0.25, 0.3) is 0 Å². The van der Waals surface area contributed by atoms with Crippen LogP contribution < -0.4 is 26.6 Å². The van der Waals surface area contributed by atoms with Crippen molar-refractivity contribution >= 4 is 40.5 Å². The Morgan fingerprint density at radius 2 is 1.55 bits per heavy atom. The number of amides is 3. The van der Waals surface area contributed by atoms with Crippen molar-refractivity contribution in [2.75, 3.05) is 47.6 Å². The number of hydrogen-bond donors (Lipinski definition) is 5. The monoisotopic (exact) mass is 746 g/mol. The molecule has 3 amide bonds. The molecule has 1 spiro atoms. The molecule has 3 fully saturated rings. The van der Waals surface area contributed by atoms with Gasteiger partial charge in [-0.3, -0.25) is 14.4 Å². The van der Waals surface area contributed by atoms with Gasteiger partial charge in [-0.25, -0.2) is 0 Å². The Balaban J connectivity index is 0.969. The van der Waals surface area contributed by atoms with Crippen molar-refractivity contribution in [1.82, 2.24) is 10.2 Å². The summed E-state index contributed by atoms with van der Waals surface area (Å²) in [7, 11) is 0. The second-order valence-electron chi connectivity index (χ2n) is 14.6. The molecule has 7 rings (SSSR count). The number of nitrogens with two attached hydrogens (primary N) is 1. The molecular weight excluding hydrogens is 697 g/mol. The lowest BCUT2D eigenvalue weighted by molar-refractivity contribution is -0.253. The maximum atomic E-state index is 13.3. The third-order valence-electron chi connectivity index (χ3n) is 10.9. The molecule has 3 saturated heterocycles. The topological polar surface area (TPSA) is 158 Å². The zero-order chi connectivity index (χ0) is 38.2. The van der Waals surface area contributed by atoms with Crippen molar-refractivity contribution in [2.24, 2.45) is 0 Å². The van der Waals surface area contributed by atoms with E-state index in [0.29, 0.717) is 62.4 Å². The van der Waals surface area contributed by atoms with Gasteiger partial charge in [-0.1, -0.05) is 66.7 Å². The number of hydrogen-bond acceptors (Lipinski definition) is 9. The predicted molar refractivity (Wildman–Crippen MR) is 212 cm³/mol. The van der Waals surface area contributed by atoms with E-state index in [4.69, 9.17) is 15.2 Å². The Hall–Kier alpha value is -5.27. The molecule has 0 saturated carbocycles. The molecule has 3 atom stereocenters. The quantitative estimate of drug-likeness (QED) is 0.0834. The molecular formula is C43H50N6O6. The fourth-order valence-electron chi connectivity index (χ4n) is 7.84. The largest absolute Gasteiger partial charge is 0.397 e. The van der Waals surface area contributed by atoms with E-state index in [1.165, 1.54) is 0 Å². The van der Waals surface area contributed by atoms with Crippen molar-refractivity contribution in [1.29, 1.82) is 0 Å². The Kier molecular flexibility index (Phi) is 12.1. The summed E-state index contributed by atoms with van der Waals surface area (Å²) in [5.41, 5.74) is 10.8. The summed E-state index contributed by atoms with van der Waals surface area (Å²) in [5.74, 6) is -0.187. The number of para-hydroxylation sites is 3. The molecule has 0 bridgehead atoms. The first kappa shape index (κ1) is 38.0. The highest BCUT2D eigenvalue weighted by Crippen LogP contribution is 2.40. The van der Waals surface area contributed by atoms with Gasteiger partial charge in [-0.2, -0.15) is 0 Å². The molecule has 6 N–H and O–H groups in total. The van der Waals surface area contributed by atoms with E-state index in [-0.39, 0.29) is 49.4 Å². The molecule has 12 heteroatoms. The Morgan fingerprint density at radius 1 is 0.836 bits per heavy atom. The molecule has 55 heavy (non-hydrogen) atoms. The first-order valence-electron chi connectivity index (χ1n) is 19.2. The molecule has 3 heterocycles. The SMILES string of the molecule is Nc1ccccc1NC(=O)CCCCC(=O)Nc1cccc([C@@H]2O[C@H](CN3CCC4(CC3)C(=O)NCN4c3ccccc3)C[C@H](c3ccc(CO)cc3)O2)c1. The zero-order valence-electron chi connectivity index (χ0n) is 31.0. The fraction of sp³-hybridized carbons (Fsp3) is 0.372. The average Bonchev–Trinajstić information content (AvgIpc) is 3.52. The number of carbonyl (C=O) groups is 3. The predicted octanol–water partition coefficient (Wildman–Crippen LogP) is 5.87. The molecule has 0 aromatic heterocycles. The molecule has 0 unspecified atom stereocenters. The summed E-state index contributed by atoms with van der Waals surface area (Å²) in [5, 5.41) is 18.5. The van der Waals surface area contributed by atoms with Crippen LogP contribution in [0.2, 0.25) is 0 Å². The molecule has 288 valence electrons. The second kappa shape index (κ2) is 17.5. The van der Waals surface area contributed by atoms with Crippen molar-refractivity contribution in [3.8, 4) is 0 Å². The van der Waals surface area contributed by atoms with E-state index in [2.05, 4.69) is 37.9 Å².